The van der Waals surface area contributed by atoms with E-state index in [0.29, 0.717) is 31.3 Å². The minimum atomic E-state index is -0.736. The van der Waals surface area contributed by atoms with E-state index in [0.717, 1.165) is 31.3 Å². The largest absolute Gasteiger partial charge is 0.481 e. The molecule has 0 radical (unpaired) electrons. The Hall–Kier alpha value is -2.47. The number of carboxylic acids is 1. The average Bonchev–Trinajstić information content (AvgIpc) is 2.69. The lowest BCUT2D eigenvalue weighted by Crippen LogP contribution is -2.56. The van der Waals surface area contributed by atoms with Crippen LogP contribution in [0.3, 0.4) is 0 Å². The van der Waals surface area contributed by atoms with Crippen LogP contribution in [0.2, 0.25) is 0 Å². The van der Waals surface area contributed by atoms with E-state index in [1.54, 1.807) is 6.20 Å². The van der Waals surface area contributed by atoms with Crippen LogP contribution in [-0.4, -0.2) is 51.1 Å². The Morgan fingerprint density at radius 3 is 2.48 bits per heavy atom. The van der Waals surface area contributed by atoms with Gasteiger partial charge in [-0.15, -0.1) is 0 Å². The molecule has 6 nitrogen and oxygen atoms in total. The molecular formula is C23H32N4O2. The summed E-state index contributed by atoms with van der Waals surface area (Å²) in [7, 11) is 0. The maximum Gasteiger partial charge on any atom is 0.306 e. The van der Waals surface area contributed by atoms with Crippen LogP contribution in [0.1, 0.15) is 45.0 Å². The van der Waals surface area contributed by atoms with Crippen LogP contribution in [0.5, 0.6) is 0 Å². The molecule has 3 rings (SSSR count). The number of aryl methyl sites for hydroxylation is 1. The van der Waals surface area contributed by atoms with Crippen LogP contribution >= 0.6 is 0 Å². The summed E-state index contributed by atoms with van der Waals surface area (Å²) in [5.41, 5.74) is 1.34. The van der Waals surface area contributed by atoms with Gasteiger partial charge in [0.25, 0.3) is 0 Å². The second-order valence-corrected chi connectivity index (χ2v) is 8.10. The first-order valence-electron chi connectivity index (χ1n) is 10.6. The number of rotatable bonds is 8. The number of piperazine rings is 1. The molecule has 1 N–H and O–H groups in total. The first-order valence-corrected chi connectivity index (χ1v) is 10.6. The molecule has 2 aromatic rings. The number of hydrogen-bond acceptors (Lipinski definition) is 5. The minimum Gasteiger partial charge on any atom is -0.481 e. The van der Waals surface area contributed by atoms with E-state index in [9.17, 15) is 9.90 Å². The van der Waals surface area contributed by atoms with Gasteiger partial charge in [-0.1, -0.05) is 37.3 Å². The molecule has 29 heavy (non-hydrogen) atoms. The molecule has 1 aliphatic heterocycles. The molecule has 0 amide bonds. The molecule has 1 aliphatic rings. The summed E-state index contributed by atoms with van der Waals surface area (Å²) in [5, 5.41) is 9.26. The van der Waals surface area contributed by atoms with Gasteiger partial charge in [0.15, 0.2) is 0 Å². The number of carboxylic acid groups (broad SMARTS) is 1. The fourth-order valence-electron chi connectivity index (χ4n) is 4.31. The zero-order chi connectivity index (χ0) is 20.8. The van der Waals surface area contributed by atoms with Crippen LogP contribution in [0.25, 0.3) is 0 Å². The van der Waals surface area contributed by atoms with Crippen molar-refractivity contribution in [2.75, 3.05) is 18.0 Å². The van der Waals surface area contributed by atoms with Crippen LogP contribution < -0.4 is 4.90 Å². The molecule has 156 valence electrons. The number of aromatic nitrogens is 2. The first-order chi connectivity index (χ1) is 14.0. The quantitative estimate of drug-likeness (QED) is 0.735. The highest BCUT2D eigenvalue weighted by atomic mass is 16.4. The fraction of sp³-hybridized carbons (Fsp3) is 0.522. The standard InChI is InChI=1S/C23H32N4O2/c1-4-20(23(28)29)10-11-21-24-13-12-22(25-21)27-17(2)14-26(15-18(27)3)16-19-8-6-5-7-9-19/h5-9,12-13,17-18,20H,4,10-11,14-16H2,1-3H3,(H,28,29)/t17-,18+,20?. The topological polar surface area (TPSA) is 69.6 Å². The summed E-state index contributed by atoms with van der Waals surface area (Å²) in [4.78, 5) is 25.3. The maximum absolute atomic E-state index is 11.3. The van der Waals surface area contributed by atoms with Crippen molar-refractivity contribution in [2.45, 2.75) is 58.7 Å². The van der Waals surface area contributed by atoms with Gasteiger partial charge < -0.3 is 10.0 Å². The SMILES string of the molecule is CCC(CCc1nccc(N2[C@H](C)CN(Cc3ccccc3)C[C@@H]2C)n1)C(=O)O. The monoisotopic (exact) mass is 396 g/mol. The molecular weight excluding hydrogens is 364 g/mol. The van der Waals surface area contributed by atoms with E-state index in [4.69, 9.17) is 4.98 Å². The number of hydrogen-bond donors (Lipinski definition) is 1. The summed E-state index contributed by atoms with van der Waals surface area (Å²) < 4.78 is 0. The molecule has 0 bridgehead atoms. The van der Waals surface area contributed by atoms with Gasteiger partial charge in [0.1, 0.15) is 11.6 Å². The lowest BCUT2D eigenvalue weighted by atomic mass is 10.0. The van der Waals surface area contributed by atoms with Gasteiger partial charge in [0.2, 0.25) is 0 Å². The molecule has 6 heteroatoms. The first kappa shape index (κ1) is 21.2. The Kier molecular flexibility index (Phi) is 7.20. The third kappa shape index (κ3) is 5.54. The minimum absolute atomic E-state index is 0.332. The zero-order valence-electron chi connectivity index (χ0n) is 17.7. The van der Waals surface area contributed by atoms with Crippen LogP contribution in [0.15, 0.2) is 42.6 Å². The Morgan fingerprint density at radius 1 is 1.17 bits per heavy atom. The maximum atomic E-state index is 11.3. The highest BCUT2D eigenvalue weighted by Gasteiger charge is 2.30. The lowest BCUT2D eigenvalue weighted by Gasteiger charge is -2.45. The number of aliphatic carboxylic acids is 1. The van der Waals surface area contributed by atoms with Crippen LogP contribution in [0.4, 0.5) is 5.82 Å². The second-order valence-electron chi connectivity index (χ2n) is 8.10. The van der Waals surface area contributed by atoms with E-state index in [-0.39, 0.29) is 5.92 Å². The summed E-state index contributed by atoms with van der Waals surface area (Å²) in [6.07, 6.45) is 3.60. The van der Waals surface area contributed by atoms with Gasteiger partial charge in [-0.3, -0.25) is 9.69 Å². The Labute approximate surface area is 173 Å². The van der Waals surface area contributed by atoms with Crippen molar-refractivity contribution < 1.29 is 9.90 Å². The van der Waals surface area contributed by atoms with E-state index < -0.39 is 5.97 Å². The summed E-state index contributed by atoms with van der Waals surface area (Å²) >= 11 is 0. The summed E-state index contributed by atoms with van der Waals surface area (Å²) in [6, 6.07) is 13.2. The molecule has 1 aromatic carbocycles. The van der Waals surface area contributed by atoms with Gasteiger partial charge in [-0.05, 0) is 38.3 Å². The number of benzene rings is 1. The Bertz CT molecular complexity index is 786. The molecule has 0 aliphatic carbocycles. The van der Waals surface area contributed by atoms with Gasteiger partial charge in [-0.2, -0.15) is 0 Å². The molecule has 1 unspecified atom stereocenters. The van der Waals surface area contributed by atoms with Crippen molar-refractivity contribution in [3.8, 4) is 0 Å². The normalized spacial score (nSPS) is 21.1. The molecule has 0 saturated carbocycles. The van der Waals surface area contributed by atoms with Crippen molar-refractivity contribution >= 4 is 11.8 Å². The molecule has 3 atom stereocenters. The fourth-order valence-corrected chi connectivity index (χ4v) is 4.31. The van der Waals surface area contributed by atoms with Crippen molar-refractivity contribution in [1.82, 2.24) is 14.9 Å². The van der Waals surface area contributed by atoms with E-state index in [1.165, 1.54) is 5.56 Å². The highest BCUT2D eigenvalue weighted by molar-refractivity contribution is 5.69. The molecule has 2 heterocycles. The van der Waals surface area contributed by atoms with Crippen LogP contribution in [-0.2, 0) is 17.8 Å². The van der Waals surface area contributed by atoms with Gasteiger partial charge in [-0.25, -0.2) is 9.97 Å². The highest BCUT2D eigenvalue weighted by Crippen LogP contribution is 2.24. The summed E-state index contributed by atoms with van der Waals surface area (Å²) in [6.45, 7) is 9.32. The lowest BCUT2D eigenvalue weighted by molar-refractivity contribution is -0.142. The second kappa shape index (κ2) is 9.83. The van der Waals surface area contributed by atoms with Crippen molar-refractivity contribution in [3.05, 3.63) is 54.0 Å². The van der Waals surface area contributed by atoms with E-state index in [2.05, 4.69) is 59.0 Å². The average molecular weight is 397 g/mol. The number of carbonyl (C=O) groups is 1. The van der Waals surface area contributed by atoms with Crippen LogP contribution in [0, 0.1) is 5.92 Å². The smallest absolute Gasteiger partial charge is 0.306 e. The van der Waals surface area contributed by atoms with Crippen molar-refractivity contribution in [1.29, 1.82) is 0 Å². The Balaban J connectivity index is 1.65. The van der Waals surface area contributed by atoms with Crippen molar-refractivity contribution in [3.63, 3.8) is 0 Å². The zero-order valence-corrected chi connectivity index (χ0v) is 17.7. The predicted molar refractivity (Wildman–Crippen MR) is 115 cm³/mol. The van der Waals surface area contributed by atoms with Gasteiger partial charge in [0, 0.05) is 44.3 Å². The predicted octanol–water partition coefficient (Wildman–Crippen LogP) is 3.62. The number of nitrogens with zero attached hydrogens (tertiary/aromatic N) is 4. The molecule has 1 aromatic heterocycles. The molecule has 1 saturated heterocycles. The molecule has 0 spiro atoms. The van der Waals surface area contributed by atoms with Gasteiger partial charge >= 0.3 is 5.97 Å². The summed E-state index contributed by atoms with van der Waals surface area (Å²) in [5.74, 6) is 0.605. The van der Waals surface area contributed by atoms with E-state index >= 15 is 0 Å². The Morgan fingerprint density at radius 2 is 1.86 bits per heavy atom. The molecule has 1 fully saturated rings. The van der Waals surface area contributed by atoms with E-state index in [1.807, 2.05) is 13.0 Å². The third-order valence-corrected chi connectivity index (χ3v) is 5.76. The third-order valence-electron chi connectivity index (χ3n) is 5.76. The van der Waals surface area contributed by atoms with Crippen molar-refractivity contribution in [2.24, 2.45) is 5.92 Å². The number of anilines is 1. The van der Waals surface area contributed by atoms with Gasteiger partial charge in [0.05, 0.1) is 5.92 Å².